The van der Waals surface area contributed by atoms with Crippen molar-refractivity contribution < 1.29 is 22.6 Å². The molecule has 4 aromatic rings. The molecule has 5 rings (SSSR count). The van der Waals surface area contributed by atoms with Gasteiger partial charge in [-0.3, -0.25) is 4.90 Å². The highest BCUT2D eigenvalue weighted by atomic mass is 35.5. The van der Waals surface area contributed by atoms with Crippen LogP contribution in [0.2, 0.25) is 5.02 Å². The number of ether oxygens (including phenoxy) is 3. The number of hydrogen-bond acceptors (Lipinski definition) is 8. The van der Waals surface area contributed by atoms with Crippen LogP contribution >= 0.6 is 11.6 Å². The minimum atomic E-state index is -4.10. The molecule has 1 fully saturated rings. The van der Waals surface area contributed by atoms with Gasteiger partial charge in [0.2, 0.25) is 0 Å². The Labute approximate surface area is 258 Å². The molecule has 226 valence electrons. The minimum Gasteiger partial charge on any atom is -0.497 e. The first-order valence-corrected chi connectivity index (χ1v) is 15.9. The number of rotatable bonds is 11. The van der Waals surface area contributed by atoms with Crippen LogP contribution < -0.4 is 18.5 Å². The van der Waals surface area contributed by atoms with Crippen molar-refractivity contribution in [2.75, 3.05) is 31.6 Å². The Morgan fingerprint density at radius 1 is 0.977 bits per heavy atom. The summed E-state index contributed by atoms with van der Waals surface area (Å²) in [6.07, 6.45) is 4.47. The predicted molar refractivity (Wildman–Crippen MR) is 166 cm³/mol. The van der Waals surface area contributed by atoms with E-state index >= 15 is 0 Å². The number of aromatic nitrogens is 2. The first-order chi connectivity index (χ1) is 20.8. The molecule has 2 heterocycles. The van der Waals surface area contributed by atoms with E-state index in [0.717, 1.165) is 25.9 Å². The predicted octanol–water partition coefficient (Wildman–Crippen LogP) is 6.15. The monoisotopic (exact) mass is 622 g/mol. The Balaban J connectivity index is 1.32. The van der Waals surface area contributed by atoms with E-state index < -0.39 is 10.0 Å². The molecular weight excluding hydrogens is 588 g/mol. The maximum atomic E-state index is 14.0. The Bertz CT molecular complexity index is 1620. The van der Waals surface area contributed by atoms with E-state index in [1.54, 1.807) is 31.4 Å². The van der Waals surface area contributed by atoms with Gasteiger partial charge in [-0.05, 0) is 55.7 Å². The third-order valence-electron chi connectivity index (χ3n) is 7.72. The number of benzene rings is 3. The fourth-order valence-corrected chi connectivity index (χ4v) is 6.94. The summed E-state index contributed by atoms with van der Waals surface area (Å²) in [7, 11) is -1.02. The normalized spacial score (nSPS) is 15.1. The van der Waals surface area contributed by atoms with Crippen LogP contribution in [0.3, 0.4) is 0 Å². The molecule has 1 aromatic heterocycles. The van der Waals surface area contributed by atoms with Crippen molar-refractivity contribution in [2.24, 2.45) is 0 Å². The lowest BCUT2D eigenvalue weighted by Gasteiger charge is -2.36. The lowest BCUT2D eigenvalue weighted by molar-refractivity contribution is 0.0797. The maximum Gasteiger partial charge on any atom is 0.265 e. The molecule has 1 atom stereocenters. The highest BCUT2D eigenvalue weighted by Crippen LogP contribution is 2.34. The molecule has 0 unspecified atom stereocenters. The van der Waals surface area contributed by atoms with Crippen LogP contribution in [0.15, 0.2) is 90.2 Å². The second-order valence-electron chi connectivity index (χ2n) is 10.3. The first-order valence-electron chi connectivity index (χ1n) is 14.0. The molecule has 9 nitrogen and oxygen atoms in total. The van der Waals surface area contributed by atoms with Crippen LogP contribution in [0.1, 0.15) is 36.9 Å². The molecule has 0 radical (unpaired) electrons. The molecule has 0 amide bonds. The van der Waals surface area contributed by atoms with E-state index in [1.807, 2.05) is 6.07 Å². The van der Waals surface area contributed by atoms with E-state index in [9.17, 15) is 8.42 Å². The smallest absolute Gasteiger partial charge is 0.265 e. The van der Waals surface area contributed by atoms with Crippen LogP contribution in [0.25, 0.3) is 0 Å². The Morgan fingerprint density at radius 3 is 2.40 bits per heavy atom. The average Bonchev–Trinajstić information content (AvgIpc) is 3.05. The van der Waals surface area contributed by atoms with Gasteiger partial charge >= 0.3 is 0 Å². The zero-order valence-electron chi connectivity index (χ0n) is 24.4. The highest BCUT2D eigenvalue weighted by molar-refractivity contribution is 7.92. The zero-order chi connectivity index (χ0) is 30.4. The van der Waals surface area contributed by atoms with Crippen molar-refractivity contribution in [1.82, 2.24) is 14.9 Å². The number of anilines is 1. The quantitative estimate of drug-likeness (QED) is 0.197. The number of methoxy groups -OCH3 is 2. The highest BCUT2D eigenvalue weighted by Gasteiger charge is 2.29. The van der Waals surface area contributed by atoms with E-state index in [2.05, 4.69) is 46.1 Å². The molecular formula is C32H35ClN4O5S. The zero-order valence-corrected chi connectivity index (χ0v) is 26.0. The minimum absolute atomic E-state index is 0.0146. The molecule has 1 saturated heterocycles. The van der Waals surface area contributed by atoms with Crippen LogP contribution in [-0.4, -0.2) is 56.7 Å². The Kier molecular flexibility index (Phi) is 9.69. The number of piperidine rings is 1. The lowest BCUT2D eigenvalue weighted by Crippen LogP contribution is -2.39. The van der Waals surface area contributed by atoms with Crippen LogP contribution in [-0.2, 0) is 16.6 Å². The summed E-state index contributed by atoms with van der Waals surface area (Å²) in [5.41, 5.74) is 1.92. The van der Waals surface area contributed by atoms with Gasteiger partial charge in [-0.25, -0.2) is 22.7 Å². The molecule has 3 aromatic carbocycles. The number of likely N-dealkylation sites (tertiary alicyclic amines) is 1. The molecule has 43 heavy (non-hydrogen) atoms. The van der Waals surface area contributed by atoms with Crippen LogP contribution in [0, 0.1) is 0 Å². The summed E-state index contributed by atoms with van der Waals surface area (Å²) in [6.45, 7) is 3.98. The molecule has 0 aliphatic carbocycles. The van der Waals surface area contributed by atoms with Crippen LogP contribution in [0.5, 0.6) is 17.2 Å². The van der Waals surface area contributed by atoms with Crippen molar-refractivity contribution >= 4 is 27.4 Å². The van der Waals surface area contributed by atoms with Crippen LogP contribution in [0.4, 0.5) is 5.82 Å². The summed E-state index contributed by atoms with van der Waals surface area (Å²) in [5.74, 6) is 1.75. The van der Waals surface area contributed by atoms with Gasteiger partial charge in [0.15, 0.2) is 0 Å². The largest absolute Gasteiger partial charge is 0.497 e. The fourth-order valence-electron chi connectivity index (χ4n) is 5.23. The Morgan fingerprint density at radius 2 is 1.74 bits per heavy atom. The van der Waals surface area contributed by atoms with Crippen molar-refractivity contribution in [2.45, 2.75) is 43.4 Å². The third-order valence-corrected chi connectivity index (χ3v) is 9.76. The summed E-state index contributed by atoms with van der Waals surface area (Å²) >= 11 is 6.63. The molecule has 1 aliphatic heterocycles. The molecule has 11 heteroatoms. The van der Waals surface area contributed by atoms with Gasteiger partial charge in [0, 0.05) is 43.0 Å². The van der Waals surface area contributed by atoms with Crippen molar-refractivity contribution in [3.63, 3.8) is 0 Å². The van der Waals surface area contributed by atoms with Gasteiger partial charge in [0.1, 0.15) is 35.5 Å². The van der Waals surface area contributed by atoms with Gasteiger partial charge in [-0.15, -0.1) is 0 Å². The number of hydrogen-bond donors (Lipinski definition) is 0. The summed E-state index contributed by atoms with van der Waals surface area (Å²) < 4.78 is 46.3. The maximum absolute atomic E-state index is 14.0. The van der Waals surface area contributed by atoms with Gasteiger partial charge in [-0.2, -0.15) is 0 Å². The summed E-state index contributed by atoms with van der Waals surface area (Å²) in [6, 6.07) is 22.1. The third kappa shape index (κ3) is 7.04. The lowest BCUT2D eigenvalue weighted by atomic mass is 10.0. The van der Waals surface area contributed by atoms with E-state index in [-0.39, 0.29) is 28.4 Å². The second kappa shape index (κ2) is 13.6. The second-order valence-corrected chi connectivity index (χ2v) is 12.6. The van der Waals surface area contributed by atoms with Crippen molar-refractivity contribution in [3.05, 3.63) is 101 Å². The van der Waals surface area contributed by atoms with Gasteiger partial charge in [0.05, 0.1) is 30.7 Å². The molecule has 1 aliphatic rings. The number of nitrogens with zero attached hydrogens (tertiary/aromatic N) is 4. The van der Waals surface area contributed by atoms with Crippen molar-refractivity contribution in [3.8, 4) is 17.2 Å². The standard InChI is InChI=1S/C32H35ClN4O5S/c1-23(24-7-5-4-6-8-24)36-17-14-26(15-18-36)42-30-12-11-28(20-29(30)33)43(38,39)37(32-13-16-34-22-35-32)21-25-9-10-27(40-2)19-31(25)41-3/h4-13,16,19-20,22-23,26H,14-15,17-18,21H2,1-3H3/t23-/m1/s1. The molecule has 0 saturated carbocycles. The average molecular weight is 623 g/mol. The SMILES string of the molecule is COc1ccc(CN(c2ccncn2)S(=O)(=O)c2ccc(OC3CCN([C@H](C)c4ccccc4)CC3)c(Cl)c2)c(OC)c1. The first kappa shape index (κ1) is 30.6. The van der Waals surface area contributed by atoms with E-state index in [4.69, 9.17) is 25.8 Å². The fraction of sp³-hybridized carbons (Fsp3) is 0.312. The van der Waals surface area contributed by atoms with Gasteiger partial charge < -0.3 is 14.2 Å². The van der Waals surface area contributed by atoms with E-state index in [1.165, 1.54) is 47.7 Å². The summed E-state index contributed by atoms with van der Waals surface area (Å²) in [5, 5.41) is 0.228. The number of halogens is 1. The number of sulfonamides is 1. The topological polar surface area (TPSA) is 94.1 Å². The Hall–Kier alpha value is -3.86. The molecule has 0 N–H and O–H groups in total. The molecule has 0 bridgehead atoms. The van der Waals surface area contributed by atoms with E-state index in [0.29, 0.717) is 28.9 Å². The van der Waals surface area contributed by atoms with Gasteiger partial charge in [-0.1, -0.05) is 41.9 Å². The molecule has 0 spiro atoms. The van der Waals surface area contributed by atoms with Gasteiger partial charge in [0.25, 0.3) is 10.0 Å². The summed E-state index contributed by atoms with van der Waals surface area (Å²) in [4.78, 5) is 10.6. The van der Waals surface area contributed by atoms with Crippen molar-refractivity contribution in [1.29, 1.82) is 0 Å².